The van der Waals surface area contributed by atoms with Crippen molar-refractivity contribution in [2.24, 2.45) is 16.9 Å². The summed E-state index contributed by atoms with van der Waals surface area (Å²) >= 11 is 5.91. The van der Waals surface area contributed by atoms with E-state index in [1.807, 2.05) is 0 Å². The van der Waals surface area contributed by atoms with Crippen LogP contribution >= 0.6 is 11.6 Å². The predicted octanol–water partition coefficient (Wildman–Crippen LogP) is 2.91. The van der Waals surface area contributed by atoms with Crippen molar-refractivity contribution >= 4 is 52.6 Å². The molecule has 0 aromatic heterocycles. The van der Waals surface area contributed by atoms with Crippen molar-refractivity contribution in [2.45, 2.75) is 19.0 Å². The molecule has 3 aliphatic heterocycles. The van der Waals surface area contributed by atoms with Gasteiger partial charge in [-0.2, -0.15) is 5.10 Å². The number of non-ortho nitro benzene ring substituents is 1. The molecule has 0 radical (unpaired) electrons. The number of nitro groups is 1. The number of hydrogen-bond donors (Lipinski definition) is 1. The van der Waals surface area contributed by atoms with Crippen molar-refractivity contribution in [3.63, 3.8) is 0 Å². The normalized spacial score (nSPS) is 24.9. The summed E-state index contributed by atoms with van der Waals surface area (Å²) in [6.07, 6.45) is 4.89. The van der Waals surface area contributed by atoms with Crippen molar-refractivity contribution in [3.05, 3.63) is 75.3 Å². The van der Waals surface area contributed by atoms with E-state index in [9.17, 15) is 24.5 Å². The maximum atomic E-state index is 13.6. The number of aryl methyl sites for hydroxylation is 1. The molecule has 3 heterocycles. The number of carbonyl (C=O) groups is 3. The smallest absolute Gasteiger partial charge is 0.271 e. The van der Waals surface area contributed by atoms with E-state index in [1.54, 1.807) is 43.3 Å². The summed E-state index contributed by atoms with van der Waals surface area (Å²) < 4.78 is 0. The highest BCUT2D eigenvalue weighted by molar-refractivity contribution is 6.30. The van der Waals surface area contributed by atoms with Gasteiger partial charge in [-0.3, -0.25) is 29.5 Å². The number of imide groups is 1. The Morgan fingerprint density at radius 1 is 1.12 bits per heavy atom. The molecule has 0 spiro atoms. The number of rotatable bonds is 4. The lowest BCUT2D eigenvalue weighted by molar-refractivity contribution is -0.384. The maximum Gasteiger partial charge on any atom is 0.271 e. The Balaban J connectivity index is 1.53. The summed E-state index contributed by atoms with van der Waals surface area (Å²) in [6, 6.07) is 8.86. The van der Waals surface area contributed by atoms with Gasteiger partial charge >= 0.3 is 0 Å². The van der Waals surface area contributed by atoms with Crippen LogP contribution in [0.5, 0.6) is 0 Å². The molecule has 0 saturated carbocycles. The average Bonchev–Trinajstić information content (AvgIpc) is 3.28. The highest BCUT2D eigenvalue weighted by Gasteiger charge is 2.64. The quantitative estimate of drug-likeness (QED) is 0.408. The molecule has 2 aromatic rings. The van der Waals surface area contributed by atoms with Gasteiger partial charge in [0.1, 0.15) is 6.04 Å². The molecule has 2 fully saturated rings. The zero-order valence-corrected chi connectivity index (χ0v) is 18.5. The van der Waals surface area contributed by atoms with Gasteiger partial charge in [0, 0.05) is 29.1 Å². The number of hydrazone groups is 1. The number of nitro benzene ring substituents is 1. The van der Waals surface area contributed by atoms with Crippen molar-refractivity contribution in [3.8, 4) is 0 Å². The minimum absolute atomic E-state index is 0.144. The van der Waals surface area contributed by atoms with E-state index in [4.69, 9.17) is 11.6 Å². The van der Waals surface area contributed by atoms with Gasteiger partial charge in [0.05, 0.1) is 28.5 Å². The lowest BCUT2D eigenvalue weighted by Crippen LogP contribution is -2.47. The standard InChI is InChI=1S/C23H18ClN5O5/c1-12-4-9-15(29(33)34)11-17(12)27-22(31)18-16-3-2-10-25-28(16)20(19(18)23(27)32)21(30)26-14-7-5-13(24)6-8-14/h2-11,16,18-20H,1H3,(H,26,30)/t16-,18-,19-,20+/m1/s1. The van der Waals surface area contributed by atoms with Gasteiger partial charge in [0.15, 0.2) is 0 Å². The van der Waals surface area contributed by atoms with Gasteiger partial charge in [-0.05, 0) is 42.8 Å². The SMILES string of the molecule is Cc1ccc([N+](=O)[O-])cc1N1C(=O)[C@@H]2[C@H](C1=O)[C@H]1C=CC=NN1[C@@H]2C(=O)Nc1ccc(Cl)cc1. The number of anilines is 2. The molecule has 11 heteroatoms. The fourth-order valence-electron chi connectivity index (χ4n) is 4.78. The molecule has 34 heavy (non-hydrogen) atoms. The van der Waals surface area contributed by atoms with Gasteiger partial charge in [-0.15, -0.1) is 0 Å². The summed E-state index contributed by atoms with van der Waals surface area (Å²) in [5.74, 6) is -3.47. The predicted molar refractivity (Wildman–Crippen MR) is 124 cm³/mol. The third kappa shape index (κ3) is 3.34. The number of carbonyl (C=O) groups excluding carboxylic acids is 3. The van der Waals surface area contributed by atoms with E-state index in [0.29, 0.717) is 16.3 Å². The molecule has 0 unspecified atom stereocenters. The van der Waals surface area contributed by atoms with Crippen molar-refractivity contribution in [1.82, 2.24) is 5.01 Å². The topological polar surface area (TPSA) is 125 Å². The number of halogens is 1. The molecule has 2 aromatic carbocycles. The molecular weight excluding hydrogens is 462 g/mol. The van der Waals surface area contributed by atoms with Crippen molar-refractivity contribution in [2.75, 3.05) is 10.2 Å². The first-order chi connectivity index (χ1) is 16.3. The first kappa shape index (κ1) is 21.8. The van der Waals surface area contributed by atoms with E-state index in [2.05, 4.69) is 10.4 Å². The van der Waals surface area contributed by atoms with E-state index in [0.717, 1.165) is 4.90 Å². The Morgan fingerprint density at radius 3 is 2.53 bits per heavy atom. The Hall–Kier alpha value is -4.05. The molecule has 0 bridgehead atoms. The summed E-state index contributed by atoms with van der Waals surface area (Å²) in [4.78, 5) is 52.2. The zero-order chi connectivity index (χ0) is 24.1. The van der Waals surface area contributed by atoms with Gasteiger partial charge in [-0.25, -0.2) is 4.90 Å². The maximum absolute atomic E-state index is 13.6. The van der Waals surface area contributed by atoms with Crippen LogP contribution in [0.1, 0.15) is 5.56 Å². The van der Waals surface area contributed by atoms with Crippen LogP contribution < -0.4 is 10.2 Å². The highest BCUT2D eigenvalue weighted by atomic mass is 35.5. The number of amides is 3. The lowest BCUT2D eigenvalue weighted by atomic mass is 9.88. The summed E-state index contributed by atoms with van der Waals surface area (Å²) in [7, 11) is 0. The van der Waals surface area contributed by atoms with E-state index in [1.165, 1.54) is 29.4 Å². The second-order valence-electron chi connectivity index (χ2n) is 8.25. The average molecular weight is 480 g/mol. The van der Waals surface area contributed by atoms with Crippen molar-refractivity contribution in [1.29, 1.82) is 0 Å². The second kappa shape index (κ2) is 8.07. The van der Waals surface area contributed by atoms with Crippen LogP contribution in [0.25, 0.3) is 0 Å². The molecule has 4 atom stereocenters. The molecule has 172 valence electrons. The summed E-state index contributed by atoms with van der Waals surface area (Å²) in [6.45, 7) is 1.66. The van der Waals surface area contributed by atoms with E-state index in [-0.39, 0.29) is 11.4 Å². The monoisotopic (exact) mass is 479 g/mol. The molecule has 5 rings (SSSR count). The molecule has 10 nitrogen and oxygen atoms in total. The molecular formula is C23H18ClN5O5. The van der Waals surface area contributed by atoms with Gasteiger partial charge in [-0.1, -0.05) is 23.7 Å². The minimum atomic E-state index is -1.05. The molecule has 1 N–H and O–H groups in total. The molecule has 0 aliphatic carbocycles. The lowest BCUT2D eigenvalue weighted by Gasteiger charge is -2.30. The van der Waals surface area contributed by atoms with Crippen LogP contribution in [0.3, 0.4) is 0 Å². The van der Waals surface area contributed by atoms with Crippen LogP contribution in [0.2, 0.25) is 5.02 Å². The first-order valence-electron chi connectivity index (χ1n) is 10.5. The number of allylic oxidation sites excluding steroid dienone is 1. The third-order valence-electron chi connectivity index (χ3n) is 6.32. The van der Waals surface area contributed by atoms with Crippen molar-refractivity contribution < 1.29 is 19.3 Å². The number of benzene rings is 2. The number of nitrogens with one attached hydrogen (secondary N) is 1. The van der Waals surface area contributed by atoms with Crippen LogP contribution in [-0.4, -0.2) is 46.0 Å². The minimum Gasteiger partial charge on any atom is -0.324 e. The number of nitrogens with zero attached hydrogens (tertiary/aromatic N) is 4. The van der Waals surface area contributed by atoms with Gasteiger partial charge in [0.25, 0.3) is 5.69 Å². The fourth-order valence-corrected chi connectivity index (χ4v) is 4.90. The Morgan fingerprint density at radius 2 is 1.82 bits per heavy atom. The zero-order valence-electron chi connectivity index (χ0n) is 17.8. The summed E-state index contributed by atoms with van der Waals surface area (Å²) in [5.41, 5.74) is 0.918. The van der Waals surface area contributed by atoms with E-state index < -0.39 is 46.6 Å². The van der Waals surface area contributed by atoms with Gasteiger partial charge < -0.3 is 5.32 Å². The van der Waals surface area contributed by atoms with Gasteiger partial charge in [0.2, 0.25) is 17.7 Å². The van der Waals surface area contributed by atoms with Crippen LogP contribution in [0.15, 0.2) is 59.7 Å². The third-order valence-corrected chi connectivity index (χ3v) is 6.57. The Bertz CT molecular complexity index is 1290. The number of hydrogen-bond acceptors (Lipinski definition) is 7. The second-order valence-corrected chi connectivity index (χ2v) is 8.69. The largest absolute Gasteiger partial charge is 0.324 e. The van der Waals surface area contributed by atoms with E-state index >= 15 is 0 Å². The molecule has 3 aliphatic rings. The Labute approximate surface area is 198 Å². The highest BCUT2D eigenvalue weighted by Crippen LogP contribution is 2.46. The molecule has 3 amide bonds. The van der Waals surface area contributed by atoms with Crippen LogP contribution in [0.4, 0.5) is 17.1 Å². The summed E-state index contributed by atoms with van der Waals surface area (Å²) in [5, 5.41) is 20.3. The fraction of sp³-hybridized carbons (Fsp3) is 0.217. The van der Waals surface area contributed by atoms with Crippen LogP contribution in [0, 0.1) is 28.9 Å². The Kier molecular flexibility index (Phi) is 5.17. The molecule has 2 saturated heterocycles. The van der Waals surface area contributed by atoms with Crippen LogP contribution in [-0.2, 0) is 14.4 Å². The first-order valence-corrected chi connectivity index (χ1v) is 10.8. The number of fused-ring (bicyclic) bond motifs is 3.